The number of carbonyl (C=O) groups excluding carboxylic acids is 2. The van der Waals surface area contributed by atoms with Crippen molar-refractivity contribution in [1.29, 1.82) is 0 Å². The lowest BCUT2D eigenvalue weighted by atomic mass is 10.2. The number of rotatable bonds is 10. The lowest BCUT2D eigenvalue weighted by molar-refractivity contribution is -0.138. The Morgan fingerprint density at radius 2 is 1.92 bits per heavy atom. The predicted molar refractivity (Wildman–Crippen MR) is 89.1 cm³/mol. The molecule has 0 heterocycles. The molecule has 1 aromatic rings. The van der Waals surface area contributed by atoms with Crippen LogP contribution >= 0.6 is 0 Å². The fourth-order valence-electron chi connectivity index (χ4n) is 2.05. The number of nitrogens with one attached hydrogen (secondary N) is 1. The second kappa shape index (κ2) is 10.3. The maximum absolute atomic E-state index is 12.1. The minimum atomic E-state index is -0.935. The first kappa shape index (κ1) is 19.5. The maximum atomic E-state index is 12.1. The quantitative estimate of drug-likeness (QED) is 0.632. The second-order valence-electron chi connectivity index (χ2n) is 5.25. The number of hydrogen-bond donors (Lipinski definition) is 2. The summed E-state index contributed by atoms with van der Waals surface area (Å²) in [5, 5.41) is 11.4. The second-order valence-corrected chi connectivity index (χ2v) is 5.25. The molecular weight excluding hydrogens is 312 g/mol. The summed E-state index contributed by atoms with van der Waals surface area (Å²) in [5.74, 6) is -0.789. The zero-order chi connectivity index (χ0) is 17.9. The Bertz CT molecular complexity index is 574. The Hall–Kier alpha value is -2.57. The van der Waals surface area contributed by atoms with E-state index < -0.39 is 5.97 Å². The zero-order valence-electron chi connectivity index (χ0n) is 14.1. The van der Waals surface area contributed by atoms with Gasteiger partial charge < -0.3 is 20.1 Å². The van der Waals surface area contributed by atoms with E-state index in [9.17, 15) is 14.4 Å². The van der Waals surface area contributed by atoms with Crippen molar-refractivity contribution < 1.29 is 24.2 Å². The van der Waals surface area contributed by atoms with Gasteiger partial charge in [0.2, 0.25) is 5.91 Å². The number of hydrogen-bond acceptors (Lipinski definition) is 4. The summed E-state index contributed by atoms with van der Waals surface area (Å²) in [4.78, 5) is 35.8. The van der Waals surface area contributed by atoms with Crippen molar-refractivity contribution in [1.82, 2.24) is 10.2 Å². The minimum absolute atomic E-state index is 0.0762. The molecule has 0 saturated heterocycles. The van der Waals surface area contributed by atoms with Crippen LogP contribution in [0, 0.1) is 0 Å². The molecule has 0 aromatic heterocycles. The van der Waals surface area contributed by atoms with Crippen LogP contribution in [0.15, 0.2) is 24.3 Å². The summed E-state index contributed by atoms with van der Waals surface area (Å²) in [7, 11) is 1.57. The molecule has 2 amide bonds. The molecule has 0 aliphatic rings. The van der Waals surface area contributed by atoms with Crippen LogP contribution in [0.4, 0.5) is 0 Å². The molecular formula is C17H24N2O5. The van der Waals surface area contributed by atoms with Gasteiger partial charge in [0, 0.05) is 26.6 Å². The van der Waals surface area contributed by atoms with E-state index in [1.807, 2.05) is 6.92 Å². The highest BCUT2D eigenvalue weighted by Gasteiger charge is 2.13. The van der Waals surface area contributed by atoms with Gasteiger partial charge in [-0.2, -0.15) is 0 Å². The average Bonchev–Trinajstić information content (AvgIpc) is 2.56. The molecule has 132 valence electrons. The summed E-state index contributed by atoms with van der Waals surface area (Å²) in [5.41, 5.74) is 0.462. The normalized spacial score (nSPS) is 10.1. The molecule has 0 radical (unpaired) electrons. The summed E-state index contributed by atoms with van der Waals surface area (Å²) in [6.07, 6.45) is 0.662. The first-order valence-electron chi connectivity index (χ1n) is 7.91. The predicted octanol–water partition coefficient (Wildman–Crippen LogP) is 1.53. The Kier molecular flexibility index (Phi) is 8.32. The number of ether oxygens (including phenoxy) is 1. The van der Waals surface area contributed by atoms with Crippen LogP contribution in [0.3, 0.4) is 0 Å². The van der Waals surface area contributed by atoms with Crippen LogP contribution in [0.25, 0.3) is 0 Å². The highest BCUT2D eigenvalue weighted by Crippen LogP contribution is 2.17. The number of nitrogens with zero attached hydrogens (tertiary/aromatic N) is 1. The van der Waals surface area contributed by atoms with E-state index in [4.69, 9.17) is 9.84 Å². The molecule has 7 heteroatoms. The number of carboxylic acids is 1. The van der Waals surface area contributed by atoms with Crippen molar-refractivity contribution >= 4 is 17.8 Å². The molecule has 1 rings (SSSR count). The molecule has 0 spiro atoms. The smallest absolute Gasteiger partial charge is 0.305 e. The SMILES string of the molecule is CCOc1ccccc1C(=O)NCCCC(=O)N(C)CCC(=O)O. The lowest BCUT2D eigenvalue weighted by Gasteiger charge is -2.16. The van der Waals surface area contributed by atoms with Gasteiger partial charge in [-0.25, -0.2) is 0 Å². The van der Waals surface area contributed by atoms with Gasteiger partial charge in [-0.15, -0.1) is 0 Å². The van der Waals surface area contributed by atoms with Gasteiger partial charge in [0.25, 0.3) is 5.91 Å². The Morgan fingerprint density at radius 1 is 1.21 bits per heavy atom. The van der Waals surface area contributed by atoms with Crippen LogP contribution in [-0.2, 0) is 9.59 Å². The first-order chi connectivity index (χ1) is 11.5. The van der Waals surface area contributed by atoms with Crippen LogP contribution in [-0.4, -0.2) is 54.5 Å². The standard InChI is InChI=1S/C17H24N2O5/c1-3-24-14-8-5-4-7-13(14)17(23)18-11-6-9-15(20)19(2)12-10-16(21)22/h4-5,7-8H,3,6,9-12H2,1-2H3,(H,18,23)(H,21,22). The molecule has 0 aliphatic heterocycles. The fraction of sp³-hybridized carbons (Fsp3) is 0.471. The third-order valence-corrected chi connectivity index (χ3v) is 3.37. The van der Waals surface area contributed by atoms with Crippen molar-refractivity contribution in [3.8, 4) is 5.75 Å². The molecule has 0 atom stereocenters. The monoisotopic (exact) mass is 336 g/mol. The molecule has 24 heavy (non-hydrogen) atoms. The van der Waals surface area contributed by atoms with Crippen LogP contribution in [0.5, 0.6) is 5.75 Å². The number of carbonyl (C=O) groups is 3. The molecule has 0 fully saturated rings. The Balaban J connectivity index is 2.36. The van der Waals surface area contributed by atoms with E-state index >= 15 is 0 Å². The van der Waals surface area contributed by atoms with Gasteiger partial charge in [-0.3, -0.25) is 14.4 Å². The van der Waals surface area contributed by atoms with E-state index in [0.717, 1.165) is 0 Å². The first-order valence-corrected chi connectivity index (χ1v) is 7.91. The average molecular weight is 336 g/mol. The highest BCUT2D eigenvalue weighted by molar-refractivity contribution is 5.96. The third kappa shape index (κ3) is 6.68. The lowest BCUT2D eigenvalue weighted by Crippen LogP contribution is -2.30. The number of carboxylic acid groups (broad SMARTS) is 1. The molecule has 0 unspecified atom stereocenters. The summed E-state index contributed by atoms with van der Waals surface area (Å²) in [6, 6.07) is 6.98. The largest absolute Gasteiger partial charge is 0.493 e. The molecule has 0 saturated carbocycles. The van der Waals surface area contributed by atoms with Crippen molar-refractivity contribution in [2.75, 3.05) is 26.7 Å². The van der Waals surface area contributed by atoms with Crippen molar-refractivity contribution in [3.63, 3.8) is 0 Å². The summed E-state index contributed by atoms with van der Waals surface area (Å²) < 4.78 is 5.41. The van der Waals surface area contributed by atoms with E-state index in [0.29, 0.717) is 30.9 Å². The number of benzene rings is 1. The van der Waals surface area contributed by atoms with Gasteiger partial charge >= 0.3 is 5.97 Å². The number of amides is 2. The van der Waals surface area contributed by atoms with E-state index in [2.05, 4.69) is 5.32 Å². The van der Waals surface area contributed by atoms with E-state index in [-0.39, 0.29) is 31.2 Å². The van der Waals surface area contributed by atoms with Crippen LogP contribution in [0.1, 0.15) is 36.5 Å². The topological polar surface area (TPSA) is 95.9 Å². The molecule has 0 aliphatic carbocycles. The van der Waals surface area contributed by atoms with Crippen LogP contribution in [0.2, 0.25) is 0 Å². The number of aliphatic carboxylic acids is 1. The molecule has 0 bridgehead atoms. The van der Waals surface area contributed by atoms with Gasteiger partial charge in [0.15, 0.2) is 0 Å². The fourth-order valence-corrected chi connectivity index (χ4v) is 2.05. The van der Waals surface area contributed by atoms with E-state index in [1.165, 1.54) is 4.90 Å². The van der Waals surface area contributed by atoms with Crippen LogP contribution < -0.4 is 10.1 Å². The van der Waals surface area contributed by atoms with Crippen molar-refractivity contribution in [2.45, 2.75) is 26.2 Å². The van der Waals surface area contributed by atoms with Gasteiger partial charge in [0.1, 0.15) is 5.75 Å². The Morgan fingerprint density at radius 3 is 2.58 bits per heavy atom. The highest BCUT2D eigenvalue weighted by atomic mass is 16.5. The van der Waals surface area contributed by atoms with Crippen molar-refractivity contribution in [3.05, 3.63) is 29.8 Å². The summed E-state index contributed by atoms with van der Waals surface area (Å²) in [6.45, 7) is 2.86. The zero-order valence-corrected chi connectivity index (χ0v) is 14.1. The molecule has 7 nitrogen and oxygen atoms in total. The van der Waals surface area contributed by atoms with E-state index in [1.54, 1.807) is 31.3 Å². The number of para-hydroxylation sites is 1. The molecule has 2 N–H and O–H groups in total. The minimum Gasteiger partial charge on any atom is -0.493 e. The molecule has 1 aromatic carbocycles. The Labute approximate surface area is 141 Å². The summed E-state index contributed by atoms with van der Waals surface area (Å²) >= 11 is 0. The van der Waals surface area contributed by atoms with Crippen molar-refractivity contribution in [2.24, 2.45) is 0 Å². The third-order valence-electron chi connectivity index (χ3n) is 3.37. The van der Waals surface area contributed by atoms with Gasteiger partial charge in [-0.05, 0) is 25.5 Å². The van der Waals surface area contributed by atoms with Gasteiger partial charge in [-0.1, -0.05) is 12.1 Å². The maximum Gasteiger partial charge on any atom is 0.305 e. The van der Waals surface area contributed by atoms with Gasteiger partial charge in [0.05, 0.1) is 18.6 Å².